The van der Waals surface area contributed by atoms with E-state index in [9.17, 15) is 14.1 Å². The van der Waals surface area contributed by atoms with E-state index < -0.39 is 22.4 Å². The molecule has 1 aromatic carbocycles. The lowest BCUT2D eigenvalue weighted by Crippen LogP contribution is -2.43. The van der Waals surface area contributed by atoms with Crippen LogP contribution in [0.15, 0.2) is 21.9 Å². The lowest BCUT2D eigenvalue weighted by molar-refractivity contribution is -0.157. The number of carbonyl (C=O) groups is 1. The van der Waals surface area contributed by atoms with Crippen molar-refractivity contribution in [2.45, 2.75) is 83.8 Å². The van der Waals surface area contributed by atoms with Gasteiger partial charge in [0.25, 0.3) is 0 Å². The second-order valence-corrected chi connectivity index (χ2v) is 16.5. The van der Waals surface area contributed by atoms with Gasteiger partial charge >= 0.3 is 5.97 Å². The summed E-state index contributed by atoms with van der Waals surface area (Å²) < 4.78 is 21.7. The van der Waals surface area contributed by atoms with E-state index in [1.54, 1.807) is 0 Å². The molecule has 0 saturated heterocycles. The number of hydrogen-bond donors (Lipinski definition) is 1. The fourth-order valence-corrected chi connectivity index (χ4v) is 10.1. The number of rotatable bonds is 7. The third-order valence-corrected chi connectivity index (χ3v) is 11.6. The first-order chi connectivity index (χ1) is 16.2. The molecule has 1 N–H and O–H groups in total. The Kier molecular flexibility index (Phi) is 7.30. The van der Waals surface area contributed by atoms with Gasteiger partial charge in [-0.25, -0.2) is 8.51 Å². The van der Waals surface area contributed by atoms with Crippen LogP contribution in [0, 0.1) is 5.41 Å². The molecule has 0 aromatic heterocycles. The Hall–Kier alpha value is -0.390. The molecule has 10 heteroatoms. The fraction of sp³-hybridized carbons (Fsp3) is 0.708. The SMILES string of the molecule is CN1CCN(C2CCCC2)c2cc(SC3CC(P)(P)C3)c(OCC3(C(=O)O)CCC3)cc2S1=O. The van der Waals surface area contributed by atoms with Crippen LogP contribution in [-0.2, 0) is 15.8 Å². The van der Waals surface area contributed by atoms with Crippen molar-refractivity contribution in [1.29, 1.82) is 0 Å². The Morgan fingerprint density at radius 2 is 1.91 bits per heavy atom. The largest absolute Gasteiger partial charge is 0.491 e. The van der Waals surface area contributed by atoms with Gasteiger partial charge in [-0.2, -0.15) is 0 Å². The van der Waals surface area contributed by atoms with Crippen LogP contribution in [0.2, 0.25) is 0 Å². The molecule has 1 aliphatic heterocycles. The number of aliphatic carboxylic acids is 1. The summed E-state index contributed by atoms with van der Waals surface area (Å²) >= 11 is 1.83. The van der Waals surface area contributed by atoms with Gasteiger partial charge in [0.1, 0.15) is 28.8 Å². The van der Waals surface area contributed by atoms with E-state index in [2.05, 4.69) is 29.4 Å². The third kappa shape index (κ3) is 4.92. The summed E-state index contributed by atoms with van der Waals surface area (Å²) in [5.41, 5.74) is 0.287. The fourth-order valence-electron chi connectivity index (χ4n) is 5.61. The summed E-state index contributed by atoms with van der Waals surface area (Å²) in [4.78, 5) is 16.5. The van der Waals surface area contributed by atoms with Gasteiger partial charge in [0.15, 0.2) is 0 Å². The molecular formula is C24H36N2O4P2S2. The average Bonchev–Trinajstić information content (AvgIpc) is 3.22. The molecule has 3 aliphatic carbocycles. The minimum Gasteiger partial charge on any atom is -0.491 e. The Labute approximate surface area is 214 Å². The zero-order valence-electron chi connectivity index (χ0n) is 19.8. The molecule has 34 heavy (non-hydrogen) atoms. The molecule has 3 atom stereocenters. The lowest BCUT2D eigenvalue weighted by Gasteiger charge is -2.42. The number of likely N-dealkylation sites (N-methyl/N-ethyl adjacent to an activating group) is 1. The van der Waals surface area contributed by atoms with Crippen LogP contribution in [-0.4, -0.2) is 62.5 Å². The highest BCUT2D eigenvalue weighted by Crippen LogP contribution is 2.54. The van der Waals surface area contributed by atoms with Crippen molar-refractivity contribution in [3.63, 3.8) is 0 Å². The van der Waals surface area contributed by atoms with Crippen molar-refractivity contribution in [3.8, 4) is 5.75 Å². The monoisotopic (exact) mass is 542 g/mol. The maximum Gasteiger partial charge on any atom is 0.313 e. The number of nitrogens with zero attached hydrogens (tertiary/aromatic N) is 2. The van der Waals surface area contributed by atoms with Gasteiger partial charge in [-0.3, -0.25) is 4.79 Å². The zero-order chi connectivity index (χ0) is 24.1. The van der Waals surface area contributed by atoms with Crippen molar-refractivity contribution in [2.24, 2.45) is 5.41 Å². The van der Waals surface area contributed by atoms with E-state index in [1.807, 2.05) is 29.2 Å². The normalized spacial score (nSPS) is 26.9. The molecule has 0 spiro atoms. The summed E-state index contributed by atoms with van der Waals surface area (Å²) in [6.07, 6.45) is 9.29. The third-order valence-electron chi connectivity index (χ3n) is 8.00. The van der Waals surface area contributed by atoms with E-state index in [0.717, 1.165) is 47.8 Å². The molecule has 188 valence electrons. The van der Waals surface area contributed by atoms with Crippen LogP contribution in [0.4, 0.5) is 5.69 Å². The summed E-state index contributed by atoms with van der Waals surface area (Å²) in [6, 6.07) is 4.65. The van der Waals surface area contributed by atoms with Crippen LogP contribution in [0.25, 0.3) is 0 Å². The number of ether oxygens (including phenoxy) is 1. The molecule has 5 rings (SSSR count). The average molecular weight is 543 g/mol. The molecule has 1 heterocycles. The number of thioether (sulfide) groups is 1. The number of carboxylic acids is 1. The van der Waals surface area contributed by atoms with Crippen LogP contribution in [0.5, 0.6) is 5.75 Å². The van der Waals surface area contributed by atoms with Gasteiger partial charge < -0.3 is 14.7 Å². The summed E-state index contributed by atoms with van der Waals surface area (Å²) in [5, 5.41) is 10.3. The Morgan fingerprint density at radius 3 is 2.50 bits per heavy atom. The van der Waals surface area contributed by atoms with Crippen molar-refractivity contribution in [1.82, 2.24) is 4.31 Å². The molecule has 3 unspecified atom stereocenters. The summed E-state index contributed by atoms with van der Waals surface area (Å²) in [5.74, 6) is -0.0791. The molecule has 4 aliphatic rings. The Morgan fingerprint density at radius 1 is 1.21 bits per heavy atom. The second kappa shape index (κ2) is 9.82. The van der Waals surface area contributed by atoms with Crippen molar-refractivity contribution in [3.05, 3.63) is 12.1 Å². The second-order valence-electron chi connectivity index (χ2n) is 10.6. The maximum absolute atomic E-state index is 13.5. The first-order valence-corrected chi connectivity index (χ1v) is 15.5. The molecule has 3 fully saturated rings. The maximum atomic E-state index is 13.5. The highest BCUT2D eigenvalue weighted by Gasteiger charge is 2.46. The highest BCUT2D eigenvalue weighted by molar-refractivity contribution is 8.00. The van der Waals surface area contributed by atoms with Gasteiger partial charge in [0, 0.05) is 42.4 Å². The molecular weight excluding hydrogens is 506 g/mol. The number of carboxylic acid groups (broad SMARTS) is 1. The standard InChI is InChI=1S/C24H36N2O4P2S2/c1-25-9-10-26(16-5-2-3-6-16)18-11-20(33-17-13-24(31,32)14-17)19(12-21(18)34(25)29)30-15-23(22(27)28)7-4-8-23/h11-12,16-17H,2-10,13-15,31-32H2,1H3,(H,27,28). The number of fused-ring (bicyclic) bond motifs is 1. The molecule has 0 radical (unpaired) electrons. The van der Waals surface area contributed by atoms with Gasteiger partial charge in [-0.15, -0.1) is 30.2 Å². The quantitative estimate of drug-likeness (QED) is 0.502. The Balaban J connectivity index is 1.50. The number of hydrogen-bond acceptors (Lipinski definition) is 5. The predicted octanol–water partition coefficient (Wildman–Crippen LogP) is 4.74. The summed E-state index contributed by atoms with van der Waals surface area (Å²) in [6.45, 7) is 1.80. The van der Waals surface area contributed by atoms with Crippen LogP contribution >= 0.6 is 30.2 Å². The molecule has 6 nitrogen and oxygen atoms in total. The Bertz CT molecular complexity index is 974. The van der Waals surface area contributed by atoms with Gasteiger partial charge in [-0.05, 0) is 44.6 Å². The van der Waals surface area contributed by atoms with Gasteiger partial charge in [-0.1, -0.05) is 19.3 Å². The van der Waals surface area contributed by atoms with Crippen LogP contribution in [0.3, 0.4) is 0 Å². The minimum absolute atomic E-state index is 0.172. The topological polar surface area (TPSA) is 70.1 Å². The van der Waals surface area contributed by atoms with E-state index in [-0.39, 0.29) is 11.5 Å². The predicted molar refractivity (Wildman–Crippen MR) is 146 cm³/mol. The van der Waals surface area contributed by atoms with Crippen molar-refractivity contribution in [2.75, 3.05) is 31.6 Å². The van der Waals surface area contributed by atoms with E-state index in [1.165, 1.54) is 25.7 Å². The summed E-state index contributed by atoms with van der Waals surface area (Å²) in [7, 11) is 6.52. The van der Waals surface area contributed by atoms with E-state index in [4.69, 9.17) is 4.74 Å². The van der Waals surface area contributed by atoms with Crippen LogP contribution < -0.4 is 9.64 Å². The van der Waals surface area contributed by atoms with E-state index in [0.29, 0.717) is 29.9 Å². The van der Waals surface area contributed by atoms with E-state index >= 15 is 0 Å². The highest BCUT2D eigenvalue weighted by atomic mass is 32.2. The molecule has 0 bridgehead atoms. The van der Waals surface area contributed by atoms with Gasteiger partial charge in [0.05, 0.1) is 15.5 Å². The first kappa shape index (κ1) is 25.3. The van der Waals surface area contributed by atoms with Crippen molar-refractivity contribution < 1.29 is 18.8 Å². The van der Waals surface area contributed by atoms with Crippen LogP contribution in [0.1, 0.15) is 57.8 Å². The first-order valence-electron chi connectivity index (χ1n) is 12.4. The van der Waals surface area contributed by atoms with Gasteiger partial charge in [0.2, 0.25) is 0 Å². The number of anilines is 1. The smallest absolute Gasteiger partial charge is 0.313 e. The molecule has 0 amide bonds. The number of benzene rings is 1. The zero-order valence-corrected chi connectivity index (χ0v) is 23.8. The molecule has 3 saturated carbocycles. The lowest BCUT2D eigenvalue weighted by atomic mass is 9.69. The van der Waals surface area contributed by atoms with Crippen molar-refractivity contribution >= 4 is 52.9 Å². The minimum atomic E-state index is -1.27. The molecule has 1 aromatic rings.